The summed E-state index contributed by atoms with van der Waals surface area (Å²) in [5, 5.41) is 0. The Morgan fingerprint density at radius 1 is 1.14 bits per heavy atom. The van der Waals surface area contributed by atoms with E-state index in [1.807, 2.05) is 0 Å². The van der Waals surface area contributed by atoms with Gasteiger partial charge in [0.2, 0.25) is 0 Å². The molecule has 0 aliphatic heterocycles. The molecule has 2 rings (SSSR count). The molecule has 0 bridgehead atoms. The van der Waals surface area contributed by atoms with Crippen molar-refractivity contribution in [2.24, 2.45) is 0 Å². The zero-order chi connectivity index (χ0) is 15.6. The lowest BCUT2D eigenvalue weighted by molar-refractivity contribution is 0.101. The first-order valence-electron chi connectivity index (χ1n) is 6.44. The van der Waals surface area contributed by atoms with Crippen LogP contribution in [0, 0.1) is 6.92 Å². The van der Waals surface area contributed by atoms with E-state index in [4.69, 9.17) is 9.47 Å². The summed E-state index contributed by atoms with van der Waals surface area (Å²) in [6.45, 7) is 3.17. The monoisotopic (exact) mass is 287 g/mol. The molecule has 0 N–H and O–H groups in total. The number of Topliss-reactive ketones (excluding diaryl/α,β-unsaturated/α-hetero) is 1. The van der Waals surface area contributed by atoms with Crippen molar-refractivity contribution < 1.29 is 14.3 Å². The zero-order valence-corrected chi connectivity index (χ0v) is 12.5. The van der Waals surface area contributed by atoms with Gasteiger partial charge in [0, 0.05) is 24.0 Å². The smallest absolute Gasteiger partial charge is 0.192 e. The van der Waals surface area contributed by atoms with Gasteiger partial charge in [0.15, 0.2) is 11.2 Å². The molecule has 1 heterocycles. The standard InChI is InChI=1S/C16H17NO4/c1-10-7-15(19)13(11(2)18)9-17(10)14-8-12(20-3)5-6-16(14)21-4/h5-9H,1-4H3. The Bertz CT molecular complexity index is 746. The molecule has 5 nitrogen and oxygen atoms in total. The summed E-state index contributed by atoms with van der Waals surface area (Å²) in [5.41, 5.74) is 1.27. The van der Waals surface area contributed by atoms with E-state index in [2.05, 4.69) is 0 Å². The third-order valence-electron chi connectivity index (χ3n) is 3.27. The highest BCUT2D eigenvalue weighted by atomic mass is 16.5. The normalized spacial score (nSPS) is 10.3. The van der Waals surface area contributed by atoms with Crippen LogP contribution in [0.15, 0.2) is 35.3 Å². The predicted molar refractivity (Wildman–Crippen MR) is 79.9 cm³/mol. The SMILES string of the molecule is COc1ccc(OC)c(-n2cc(C(C)=O)c(=O)cc2C)c1. The highest BCUT2D eigenvalue weighted by Crippen LogP contribution is 2.28. The minimum absolute atomic E-state index is 0.144. The topological polar surface area (TPSA) is 57.5 Å². The molecule has 0 unspecified atom stereocenters. The van der Waals surface area contributed by atoms with E-state index in [9.17, 15) is 9.59 Å². The van der Waals surface area contributed by atoms with Gasteiger partial charge in [-0.2, -0.15) is 0 Å². The number of pyridine rings is 1. The van der Waals surface area contributed by atoms with Crippen LogP contribution in [-0.4, -0.2) is 24.6 Å². The third kappa shape index (κ3) is 2.81. The van der Waals surface area contributed by atoms with Gasteiger partial charge in [0.05, 0.1) is 25.5 Å². The van der Waals surface area contributed by atoms with Crippen molar-refractivity contribution in [2.45, 2.75) is 13.8 Å². The van der Waals surface area contributed by atoms with E-state index in [-0.39, 0.29) is 16.8 Å². The van der Waals surface area contributed by atoms with E-state index in [0.717, 1.165) is 0 Å². The predicted octanol–water partition coefficient (Wildman–Crippen LogP) is 2.37. The van der Waals surface area contributed by atoms with Gasteiger partial charge in [0.1, 0.15) is 11.5 Å². The van der Waals surface area contributed by atoms with Crippen molar-refractivity contribution in [3.63, 3.8) is 0 Å². The summed E-state index contributed by atoms with van der Waals surface area (Å²) >= 11 is 0. The molecule has 0 aliphatic rings. The van der Waals surface area contributed by atoms with Crippen LogP contribution in [-0.2, 0) is 0 Å². The largest absolute Gasteiger partial charge is 0.497 e. The first-order valence-corrected chi connectivity index (χ1v) is 6.44. The molecule has 0 amide bonds. The molecule has 5 heteroatoms. The van der Waals surface area contributed by atoms with E-state index in [1.54, 1.807) is 43.9 Å². The molecule has 0 radical (unpaired) electrons. The highest BCUT2D eigenvalue weighted by Gasteiger charge is 2.13. The number of aromatic nitrogens is 1. The van der Waals surface area contributed by atoms with Crippen LogP contribution in [0.2, 0.25) is 0 Å². The molecule has 0 spiro atoms. The minimum atomic E-state index is -0.280. The van der Waals surface area contributed by atoms with Crippen molar-refractivity contribution in [3.05, 3.63) is 51.9 Å². The molecule has 0 saturated carbocycles. The highest BCUT2D eigenvalue weighted by molar-refractivity contribution is 5.93. The van der Waals surface area contributed by atoms with Crippen LogP contribution < -0.4 is 14.9 Å². The Kier molecular flexibility index (Phi) is 4.12. The second-order valence-corrected chi connectivity index (χ2v) is 4.66. The number of nitrogens with zero attached hydrogens (tertiary/aromatic N) is 1. The van der Waals surface area contributed by atoms with Crippen LogP contribution in [0.4, 0.5) is 0 Å². The van der Waals surface area contributed by atoms with Gasteiger partial charge in [-0.1, -0.05) is 0 Å². The summed E-state index contributed by atoms with van der Waals surface area (Å²) in [5.74, 6) is 1.01. The Morgan fingerprint density at radius 2 is 1.86 bits per heavy atom. The Hall–Kier alpha value is -2.56. The molecule has 1 aromatic heterocycles. The number of benzene rings is 1. The summed E-state index contributed by atoms with van der Waals surface area (Å²) in [6.07, 6.45) is 1.54. The van der Waals surface area contributed by atoms with Gasteiger partial charge in [-0.25, -0.2) is 0 Å². The number of methoxy groups -OCH3 is 2. The molecular weight excluding hydrogens is 270 g/mol. The number of hydrogen-bond acceptors (Lipinski definition) is 4. The maximum Gasteiger partial charge on any atom is 0.192 e. The molecule has 0 fully saturated rings. The average molecular weight is 287 g/mol. The van der Waals surface area contributed by atoms with Crippen LogP contribution in [0.1, 0.15) is 23.0 Å². The van der Waals surface area contributed by atoms with Gasteiger partial charge in [-0.3, -0.25) is 9.59 Å². The number of aryl methyl sites for hydroxylation is 1. The lowest BCUT2D eigenvalue weighted by Crippen LogP contribution is -2.17. The van der Waals surface area contributed by atoms with Crippen LogP contribution in [0.25, 0.3) is 5.69 Å². The van der Waals surface area contributed by atoms with Gasteiger partial charge >= 0.3 is 0 Å². The minimum Gasteiger partial charge on any atom is -0.497 e. The Labute approximate surface area is 122 Å². The molecular formula is C16H17NO4. The summed E-state index contributed by atoms with van der Waals surface area (Å²) in [6, 6.07) is 6.79. The quantitative estimate of drug-likeness (QED) is 0.810. The molecule has 0 atom stereocenters. The first-order chi connectivity index (χ1) is 9.97. The third-order valence-corrected chi connectivity index (χ3v) is 3.27. The molecule has 0 saturated heterocycles. The zero-order valence-electron chi connectivity index (χ0n) is 12.5. The van der Waals surface area contributed by atoms with E-state index < -0.39 is 0 Å². The van der Waals surface area contributed by atoms with Crippen molar-refractivity contribution in [1.82, 2.24) is 4.57 Å². The van der Waals surface area contributed by atoms with Crippen molar-refractivity contribution in [1.29, 1.82) is 0 Å². The number of ketones is 1. The first kappa shape index (κ1) is 14.8. The van der Waals surface area contributed by atoms with Crippen LogP contribution >= 0.6 is 0 Å². The van der Waals surface area contributed by atoms with E-state index in [1.165, 1.54) is 19.2 Å². The Balaban J connectivity index is 2.74. The fourth-order valence-electron chi connectivity index (χ4n) is 2.14. The van der Waals surface area contributed by atoms with Gasteiger partial charge in [-0.15, -0.1) is 0 Å². The second-order valence-electron chi connectivity index (χ2n) is 4.66. The Morgan fingerprint density at radius 3 is 2.43 bits per heavy atom. The molecule has 110 valence electrons. The van der Waals surface area contributed by atoms with E-state index in [0.29, 0.717) is 22.9 Å². The summed E-state index contributed by atoms with van der Waals surface area (Å²) in [4.78, 5) is 23.4. The number of carbonyl (C=O) groups is 1. The summed E-state index contributed by atoms with van der Waals surface area (Å²) in [7, 11) is 3.14. The maximum atomic E-state index is 11.9. The second kappa shape index (κ2) is 5.83. The van der Waals surface area contributed by atoms with Crippen molar-refractivity contribution >= 4 is 5.78 Å². The van der Waals surface area contributed by atoms with Gasteiger partial charge in [-0.05, 0) is 26.0 Å². The van der Waals surface area contributed by atoms with Crippen LogP contribution in [0.3, 0.4) is 0 Å². The summed E-state index contributed by atoms with van der Waals surface area (Å²) < 4.78 is 12.3. The van der Waals surface area contributed by atoms with Crippen molar-refractivity contribution in [2.75, 3.05) is 14.2 Å². The fourth-order valence-corrected chi connectivity index (χ4v) is 2.14. The lowest BCUT2D eigenvalue weighted by Gasteiger charge is -2.16. The lowest BCUT2D eigenvalue weighted by atomic mass is 10.1. The molecule has 21 heavy (non-hydrogen) atoms. The van der Waals surface area contributed by atoms with Crippen LogP contribution in [0.5, 0.6) is 11.5 Å². The van der Waals surface area contributed by atoms with E-state index >= 15 is 0 Å². The maximum absolute atomic E-state index is 11.9. The fraction of sp³-hybridized carbons (Fsp3) is 0.250. The molecule has 0 aliphatic carbocycles. The average Bonchev–Trinajstić information content (AvgIpc) is 2.46. The van der Waals surface area contributed by atoms with Crippen molar-refractivity contribution in [3.8, 4) is 17.2 Å². The molecule has 1 aromatic carbocycles. The number of carbonyl (C=O) groups excluding carboxylic acids is 1. The van der Waals surface area contributed by atoms with Gasteiger partial charge < -0.3 is 14.0 Å². The number of hydrogen-bond donors (Lipinski definition) is 0. The number of ether oxygens (including phenoxy) is 2. The molecule has 2 aromatic rings. The van der Waals surface area contributed by atoms with Gasteiger partial charge in [0.25, 0.3) is 0 Å². The number of rotatable bonds is 4.